The Morgan fingerprint density at radius 1 is 1.41 bits per heavy atom. The normalized spacial score (nSPS) is 21.1. The average molecular weight is 279 g/mol. The van der Waals surface area contributed by atoms with Crippen LogP contribution < -0.4 is 0 Å². The molecule has 0 saturated carbocycles. The Morgan fingerprint density at radius 3 is 2.59 bits per heavy atom. The maximum atomic E-state index is 11.8. The first-order chi connectivity index (χ1) is 7.86. The molecule has 0 aliphatic heterocycles. The number of hydrogen-bond acceptors (Lipinski definition) is 3. The Morgan fingerprint density at radius 2 is 2.06 bits per heavy atom. The number of hydrogen-bond donors (Lipinski definition) is 1. The van der Waals surface area contributed by atoms with Gasteiger partial charge in [0.15, 0.2) is 5.78 Å². The van der Waals surface area contributed by atoms with Crippen molar-refractivity contribution in [2.45, 2.75) is 32.6 Å². The van der Waals surface area contributed by atoms with E-state index in [1.165, 1.54) is 6.08 Å². The molecule has 0 spiro atoms. The van der Waals surface area contributed by atoms with Crippen LogP contribution in [0.4, 0.5) is 0 Å². The lowest BCUT2D eigenvalue weighted by molar-refractivity contribution is -0.117. The number of unbranched alkanes of at least 4 members (excludes halogenated alkanes) is 2. The number of carbonyl (C=O) groups excluding carboxylic acids is 1. The molecule has 0 aromatic heterocycles. The number of rotatable bonds is 5. The fourth-order valence-electron chi connectivity index (χ4n) is 1.73. The third-order valence-corrected chi connectivity index (χ3v) is 3.72. The van der Waals surface area contributed by atoms with Gasteiger partial charge in [-0.1, -0.05) is 43.9 Å². The fourth-order valence-corrected chi connectivity index (χ4v) is 2.73. The Labute approximate surface area is 106 Å². The van der Waals surface area contributed by atoms with Gasteiger partial charge in [0.1, 0.15) is 4.91 Å². The quantitative estimate of drug-likeness (QED) is 0.620. The molecule has 1 N–H and O–H groups in total. The van der Waals surface area contributed by atoms with Gasteiger partial charge in [0.25, 0.3) is 10.1 Å². The zero-order valence-corrected chi connectivity index (χ0v) is 11.1. The second-order valence-corrected chi connectivity index (χ2v) is 5.83. The van der Waals surface area contributed by atoms with Crippen LogP contribution in [0.1, 0.15) is 32.6 Å². The zero-order valence-electron chi connectivity index (χ0n) is 9.52. The van der Waals surface area contributed by atoms with Crippen molar-refractivity contribution < 1.29 is 17.8 Å². The van der Waals surface area contributed by atoms with Crippen LogP contribution in [0, 0.1) is 5.92 Å². The van der Waals surface area contributed by atoms with Crippen molar-refractivity contribution in [1.29, 1.82) is 0 Å². The highest BCUT2D eigenvalue weighted by molar-refractivity contribution is 7.90. The zero-order chi connectivity index (χ0) is 13.1. The van der Waals surface area contributed by atoms with Crippen molar-refractivity contribution in [3.63, 3.8) is 0 Å². The highest BCUT2D eigenvalue weighted by Gasteiger charge is 2.31. The van der Waals surface area contributed by atoms with E-state index >= 15 is 0 Å². The van der Waals surface area contributed by atoms with Crippen molar-refractivity contribution in [3.8, 4) is 0 Å². The molecule has 1 rings (SSSR count). The molecule has 0 aromatic carbocycles. The molecule has 1 aliphatic rings. The van der Waals surface area contributed by atoms with Crippen molar-refractivity contribution >= 4 is 27.5 Å². The highest BCUT2D eigenvalue weighted by Crippen LogP contribution is 2.28. The SMILES string of the molecule is CCCCCC1C=C(Cl)C=C(S(=O)(=O)O)C1=O. The summed E-state index contributed by atoms with van der Waals surface area (Å²) in [6.45, 7) is 2.04. The molecule has 0 bridgehead atoms. The van der Waals surface area contributed by atoms with Gasteiger partial charge in [-0.25, -0.2) is 0 Å². The Kier molecular flexibility index (Phi) is 4.91. The van der Waals surface area contributed by atoms with Crippen LogP contribution >= 0.6 is 11.6 Å². The van der Waals surface area contributed by atoms with Crippen LogP contribution in [-0.2, 0) is 14.9 Å². The Bertz CT molecular complexity index is 462. The first-order valence-corrected chi connectivity index (χ1v) is 7.28. The van der Waals surface area contributed by atoms with E-state index in [1.807, 2.05) is 6.92 Å². The molecule has 4 nitrogen and oxygen atoms in total. The molecular weight excluding hydrogens is 264 g/mol. The first kappa shape index (κ1) is 14.4. The van der Waals surface area contributed by atoms with Crippen LogP contribution in [0.5, 0.6) is 0 Å². The molecule has 1 aliphatic carbocycles. The summed E-state index contributed by atoms with van der Waals surface area (Å²) in [5, 5.41) is 0.179. The predicted molar refractivity (Wildman–Crippen MR) is 66.2 cm³/mol. The fraction of sp³-hybridized carbons (Fsp3) is 0.545. The third kappa shape index (κ3) is 3.94. The van der Waals surface area contributed by atoms with Crippen molar-refractivity contribution in [1.82, 2.24) is 0 Å². The molecule has 0 saturated heterocycles. The average Bonchev–Trinajstić information content (AvgIpc) is 2.21. The molecule has 6 heteroatoms. The number of ketones is 1. The Hall–Kier alpha value is -0.650. The van der Waals surface area contributed by atoms with E-state index in [0.29, 0.717) is 6.42 Å². The van der Waals surface area contributed by atoms with Gasteiger partial charge in [-0.05, 0) is 12.5 Å². The van der Waals surface area contributed by atoms with Gasteiger partial charge in [0, 0.05) is 11.0 Å². The van der Waals surface area contributed by atoms with Gasteiger partial charge in [0.2, 0.25) is 0 Å². The van der Waals surface area contributed by atoms with E-state index in [9.17, 15) is 13.2 Å². The van der Waals surface area contributed by atoms with E-state index in [0.717, 1.165) is 25.3 Å². The summed E-state index contributed by atoms with van der Waals surface area (Å²) in [7, 11) is -4.49. The second kappa shape index (κ2) is 5.80. The summed E-state index contributed by atoms with van der Waals surface area (Å²) in [4.78, 5) is 11.2. The molecule has 96 valence electrons. The van der Waals surface area contributed by atoms with Crippen LogP contribution in [0.2, 0.25) is 0 Å². The molecule has 1 unspecified atom stereocenters. The van der Waals surface area contributed by atoms with E-state index in [2.05, 4.69) is 0 Å². The van der Waals surface area contributed by atoms with E-state index < -0.39 is 26.7 Å². The van der Waals surface area contributed by atoms with Crippen LogP contribution in [0.3, 0.4) is 0 Å². The molecule has 0 fully saturated rings. The molecule has 0 aromatic rings. The summed E-state index contributed by atoms with van der Waals surface area (Å²) in [6.07, 6.45) is 5.89. The largest absolute Gasteiger partial charge is 0.298 e. The van der Waals surface area contributed by atoms with Gasteiger partial charge in [-0.15, -0.1) is 0 Å². The lowest BCUT2D eigenvalue weighted by Gasteiger charge is -2.16. The maximum absolute atomic E-state index is 11.8. The molecule has 0 amide bonds. The van der Waals surface area contributed by atoms with E-state index in [4.69, 9.17) is 16.2 Å². The van der Waals surface area contributed by atoms with Crippen molar-refractivity contribution in [2.75, 3.05) is 0 Å². The Balaban J connectivity index is 2.86. The van der Waals surface area contributed by atoms with Crippen LogP contribution in [-0.4, -0.2) is 18.8 Å². The van der Waals surface area contributed by atoms with Crippen LogP contribution in [0.25, 0.3) is 0 Å². The van der Waals surface area contributed by atoms with Crippen molar-refractivity contribution in [2.24, 2.45) is 5.92 Å². The summed E-state index contributed by atoms with van der Waals surface area (Å²) in [5.41, 5.74) is 0. The van der Waals surface area contributed by atoms with Gasteiger partial charge in [0.05, 0.1) is 0 Å². The lowest BCUT2D eigenvalue weighted by atomic mass is 9.93. The van der Waals surface area contributed by atoms with Gasteiger partial charge in [-0.2, -0.15) is 8.42 Å². The predicted octanol–water partition coefficient (Wildman–Crippen LogP) is 2.66. The molecular formula is C11H15ClO4S. The van der Waals surface area contributed by atoms with Crippen molar-refractivity contribution in [3.05, 3.63) is 22.1 Å². The van der Waals surface area contributed by atoms with Crippen LogP contribution in [0.15, 0.2) is 22.1 Å². The third-order valence-electron chi connectivity index (χ3n) is 2.61. The highest BCUT2D eigenvalue weighted by atomic mass is 35.5. The molecule has 17 heavy (non-hydrogen) atoms. The summed E-state index contributed by atoms with van der Waals surface area (Å²) in [5.74, 6) is -1.12. The topological polar surface area (TPSA) is 71.4 Å². The molecule has 0 radical (unpaired) electrons. The second-order valence-electron chi connectivity index (χ2n) is 4.00. The first-order valence-electron chi connectivity index (χ1n) is 5.47. The maximum Gasteiger partial charge on any atom is 0.298 e. The summed E-state index contributed by atoms with van der Waals surface area (Å²) < 4.78 is 30.9. The monoisotopic (exact) mass is 278 g/mol. The smallest absolute Gasteiger partial charge is 0.293 e. The van der Waals surface area contributed by atoms with E-state index in [-0.39, 0.29) is 5.03 Å². The standard InChI is InChI=1S/C11H15ClO4S/c1-2-3-4-5-8-6-9(12)7-10(11(8)13)17(14,15)16/h6-8H,2-5H2,1H3,(H,14,15,16). The minimum atomic E-state index is -4.49. The number of halogens is 1. The summed E-state index contributed by atoms with van der Waals surface area (Å²) >= 11 is 5.75. The molecule has 0 heterocycles. The minimum absolute atomic E-state index is 0.179. The lowest BCUT2D eigenvalue weighted by Crippen LogP contribution is -2.23. The minimum Gasteiger partial charge on any atom is -0.293 e. The number of allylic oxidation sites excluding steroid dienone is 4. The summed E-state index contributed by atoms with van der Waals surface area (Å²) in [6, 6.07) is 0. The van der Waals surface area contributed by atoms with Gasteiger partial charge < -0.3 is 0 Å². The number of Topliss-reactive ketones (excluding diaryl/α,β-unsaturated/α-hetero) is 1. The number of carbonyl (C=O) groups is 1. The molecule has 1 atom stereocenters. The van der Waals surface area contributed by atoms with Gasteiger partial charge in [-0.3, -0.25) is 9.35 Å². The van der Waals surface area contributed by atoms with Gasteiger partial charge >= 0.3 is 0 Å². The van der Waals surface area contributed by atoms with E-state index in [1.54, 1.807) is 0 Å².